The average Bonchev–Trinajstić information content (AvgIpc) is 3.39. The minimum absolute atomic E-state index is 0.00173. The number of halogens is 1. The van der Waals surface area contributed by atoms with Gasteiger partial charge in [0.15, 0.2) is 6.33 Å². The topological polar surface area (TPSA) is 103 Å². The third-order valence-corrected chi connectivity index (χ3v) is 5.41. The summed E-state index contributed by atoms with van der Waals surface area (Å²) in [5, 5.41) is 20.2. The maximum absolute atomic E-state index is 12.7. The molecule has 1 aliphatic heterocycles. The number of rotatable bonds is 6. The molecule has 2 aromatic heterocycles. The third kappa shape index (κ3) is 5.10. The Morgan fingerprint density at radius 3 is 2.83 bits per heavy atom. The highest BCUT2D eigenvalue weighted by atomic mass is 35.5. The summed E-state index contributed by atoms with van der Waals surface area (Å²) in [5.74, 6) is 1.72. The minimum Gasteiger partial charge on any atom is -0.426 e. The third-order valence-electron chi connectivity index (χ3n) is 5.17. The summed E-state index contributed by atoms with van der Waals surface area (Å²) in [6.07, 6.45) is 7.42. The number of benzene rings is 1. The van der Waals surface area contributed by atoms with E-state index in [1.54, 1.807) is 19.1 Å². The lowest BCUT2D eigenvalue weighted by atomic mass is 9.93. The number of amides is 1. The molecule has 0 saturated carbocycles. The minimum atomic E-state index is 0.00173. The molecule has 4 rings (SSSR count). The van der Waals surface area contributed by atoms with Crippen molar-refractivity contribution in [2.45, 2.75) is 32.7 Å². The van der Waals surface area contributed by atoms with Crippen LogP contribution in [0.2, 0.25) is 5.02 Å². The fourth-order valence-corrected chi connectivity index (χ4v) is 3.77. The van der Waals surface area contributed by atoms with E-state index in [1.807, 2.05) is 23.1 Å². The Hall–Kier alpha value is -3.07. The van der Waals surface area contributed by atoms with Crippen LogP contribution in [-0.2, 0) is 17.8 Å². The van der Waals surface area contributed by atoms with E-state index in [4.69, 9.17) is 16.0 Å². The fourth-order valence-electron chi connectivity index (χ4n) is 3.58. The van der Waals surface area contributed by atoms with Gasteiger partial charge in [-0.05, 0) is 53.3 Å². The summed E-state index contributed by atoms with van der Waals surface area (Å²) in [7, 11) is 0. The highest BCUT2D eigenvalue weighted by molar-refractivity contribution is 6.30. The molecular weight excluding hydrogens is 406 g/mol. The maximum Gasteiger partial charge on any atom is 0.246 e. The zero-order chi connectivity index (χ0) is 20.9. The van der Waals surface area contributed by atoms with Crippen molar-refractivity contribution < 1.29 is 9.21 Å². The number of piperidine rings is 1. The molecule has 3 heterocycles. The van der Waals surface area contributed by atoms with Crippen molar-refractivity contribution in [3.8, 4) is 0 Å². The summed E-state index contributed by atoms with van der Waals surface area (Å²) in [4.78, 5) is 16.0. The van der Waals surface area contributed by atoms with Gasteiger partial charge < -0.3 is 9.32 Å². The normalized spacial score (nSPS) is 15.2. The quantitative estimate of drug-likeness (QED) is 0.557. The van der Waals surface area contributed by atoms with Crippen LogP contribution in [0.5, 0.6) is 0 Å². The summed E-state index contributed by atoms with van der Waals surface area (Å²) < 4.78 is 5.47. The van der Waals surface area contributed by atoms with Crippen LogP contribution >= 0.6 is 11.6 Å². The molecule has 1 amide bonds. The van der Waals surface area contributed by atoms with Crippen molar-refractivity contribution in [3.63, 3.8) is 0 Å². The number of hydrogen-bond acceptors (Lipinski definition) is 7. The molecule has 0 N–H and O–H groups in total. The fraction of sp³-hybridized carbons (Fsp3) is 0.400. The van der Waals surface area contributed by atoms with E-state index >= 15 is 0 Å². The zero-order valence-corrected chi connectivity index (χ0v) is 17.4. The number of nitrogens with zero attached hydrogens (tertiary/aromatic N) is 7. The molecule has 1 fully saturated rings. The molecule has 0 aliphatic carbocycles. The second kappa shape index (κ2) is 9.17. The van der Waals surface area contributed by atoms with Crippen LogP contribution in [0.15, 0.2) is 35.0 Å². The van der Waals surface area contributed by atoms with E-state index in [2.05, 4.69) is 25.6 Å². The Balaban J connectivity index is 1.35. The van der Waals surface area contributed by atoms with Gasteiger partial charge in [0.2, 0.25) is 17.7 Å². The van der Waals surface area contributed by atoms with Gasteiger partial charge in [-0.15, -0.1) is 20.4 Å². The van der Waals surface area contributed by atoms with Crippen molar-refractivity contribution in [1.82, 2.24) is 35.3 Å². The predicted octanol–water partition coefficient (Wildman–Crippen LogP) is 2.56. The monoisotopic (exact) mass is 427 g/mol. The number of tetrazole rings is 1. The molecule has 1 aromatic carbocycles. The summed E-state index contributed by atoms with van der Waals surface area (Å²) >= 11 is 6.13. The van der Waals surface area contributed by atoms with Crippen molar-refractivity contribution in [2.75, 3.05) is 13.1 Å². The molecule has 0 radical (unpaired) electrons. The first-order chi connectivity index (χ1) is 14.6. The van der Waals surface area contributed by atoms with E-state index in [-0.39, 0.29) is 5.91 Å². The van der Waals surface area contributed by atoms with Crippen LogP contribution < -0.4 is 0 Å². The van der Waals surface area contributed by atoms with Gasteiger partial charge in [-0.2, -0.15) is 4.80 Å². The van der Waals surface area contributed by atoms with Crippen LogP contribution in [-0.4, -0.2) is 54.3 Å². The smallest absolute Gasteiger partial charge is 0.246 e. The van der Waals surface area contributed by atoms with Crippen molar-refractivity contribution in [2.24, 2.45) is 5.92 Å². The summed E-state index contributed by atoms with van der Waals surface area (Å²) in [5.41, 5.74) is 1.81. The lowest BCUT2D eigenvalue weighted by molar-refractivity contribution is -0.127. The summed E-state index contributed by atoms with van der Waals surface area (Å²) in [6, 6.07) is 5.53. The van der Waals surface area contributed by atoms with Crippen LogP contribution in [0.4, 0.5) is 0 Å². The first kappa shape index (κ1) is 20.2. The molecule has 3 aromatic rings. The van der Waals surface area contributed by atoms with E-state index in [9.17, 15) is 4.79 Å². The van der Waals surface area contributed by atoms with Crippen LogP contribution in [0, 0.1) is 12.8 Å². The molecule has 30 heavy (non-hydrogen) atoms. The lowest BCUT2D eigenvalue weighted by Gasteiger charge is -2.30. The zero-order valence-electron chi connectivity index (χ0n) is 16.6. The first-order valence-corrected chi connectivity index (χ1v) is 10.2. The largest absolute Gasteiger partial charge is 0.426 e. The molecule has 1 saturated heterocycles. The number of carbonyl (C=O) groups excluding carboxylic acids is 1. The van der Waals surface area contributed by atoms with Gasteiger partial charge in [-0.1, -0.05) is 17.7 Å². The van der Waals surface area contributed by atoms with Gasteiger partial charge in [0.05, 0.1) is 6.54 Å². The lowest BCUT2D eigenvalue weighted by Crippen LogP contribution is -2.38. The van der Waals surface area contributed by atoms with Crippen LogP contribution in [0.25, 0.3) is 6.08 Å². The van der Waals surface area contributed by atoms with Crippen molar-refractivity contribution in [1.29, 1.82) is 0 Å². The molecule has 9 nitrogen and oxygen atoms in total. The number of hydrogen-bond donors (Lipinski definition) is 0. The second-order valence-electron chi connectivity index (χ2n) is 7.33. The Morgan fingerprint density at radius 1 is 1.30 bits per heavy atom. The Bertz CT molecular complexity index is 1020. The van der Waals surface area contributed by atoms with Gasteiger partial charge >= 0.3 is 0 Å². The predicted molar refractivity (Wildman–Crippen MR) is 109 cm³/mol. The molecule has 156 valence electrons. The van der Waals surface area contributed by atoms with Gasteiger partial charge in [0.25, 0.3) is 0 Å². The number of aromatic nitrogens is 6. The SMILES string of the molecule is Cc1nnc(CC2CCN(C(=O)C=Cc3ccc(Cl)cc3Cn3ncnn3)CC2)o1. The molecule has 0 atom stereocenters. The molecule has 0 unspecified atom stereocenters. The molecule has 0 spiro atoms. The standard InChI is InChI=1S/C20H22ClN7O2/c1-14-24-25-19(30-14)10-15-6-8-27(9-7-15)20(29)5-3-16-2-4-18(21)11-17(16)12-28-23-13-22-26-28/h2-5,11,13,15H,6-10,12H2,1H3. The van der Waals surface area contributed by atoms with Gasteiger partial charge in [0.1, 0.15) is 0 Å². The Labute approximate surface area is 178 Å². The van der Waals surface area contributed by atoms with Crippen LogP contribution in [0.1, 0.15) is 35.7 Å². The molecule has 10 heteroatoms. The van der Waals surface area contributed by atoms with E-state index in [1.165, 1.54) is 11.1 Å². The van der Waals surface area contributed by atoms with Crippen molar-refractivity contribution >= 4 is 23.6 Å². The maximum atomic E-state index is 12.7. The Kier molecular flexibility index (Phi) is 6.18. The van der Waals surface area contributed by atoms with E-state index in [0.29, 0.717) is 29.3 Å². The molecule has 1 aliphatic rings. The highest BCUT2D eigenvalue weighted by Gasteiger charge is 2.23. The van der Waals surface area contributed by atoms with Crippen LogP contribution in [0.3, 0.4) is 0 Å². The van der Waals surface area contributed by atoms with Gasteiger partial charge in [-0.25, -0.2) is 0 Å². The first-order valence-electron chi connectivity index (χ1n) is 9.82. The van der Waals surface area contributed by atoms with E-state index in [0.717, 1.165) is 43.5 Å². The van der Waals surface area contributed by atoms with Crippen molar-refractivity contribution in [3.05, 3.63) is 58.5 Å². The summed E-state index contributed by atoms with van der Waals surface area (Å²) in [6.45, 7) is 3.66. The van der Waals surface area contributed by atoms with Gasteiger partial charge in [0, 0.05) is 37.5 Å². The number of carbonyl (C=O) groups is 1. The molecular formula is C20H22ClN7O2. The number of likely N-dealkylation sites (tertiary alicyclic amines) is 1. The van der Waals surface area contributed by atoms with E-state index < -0.39 is 0 Å². The Morgan fingerprint density at radius 2 is 2.13 bits per heavy atom. The average molecular weight is 428 g/mol. The second-order valence-corrected chi connectivity index (χ2v) is 7.77. The van der Waals surface area contributed by atoms with Gasteiger partial charge in [-0.3, -0.25) is 4.79 Å². The highest BCUT2D eigenvalue weighted by Crippen LogP contribution is 2.22. The number of aryl methyl sites for hydroxylation is 1. The molecule has 0 bridgehead atoms.